The van der Waals surface area contributed by atoms with Crippen LogP contribution < -0.4 is 0 Å². The number of thiophene rings is 1. The molecule has 0 aliphatic rings. The van der Waals surface area contributed by atoms with Crippen LogP contribution in [0.25, 0.3) is 16.2 Å². The minimum atomic E-state index is -0.896. The molecule has 3 aromatic heterocycles. The Bertz CT molecular complexity index is 951. The second-order valence-electron chi connectivity index (χ2n) is 6.46. The molecule has 0 amide bonds. The highest BCUT2D eigenvalue weighted by atomic mass is 32.1. The zero-order chi connectivity index (χ0) is 18.3. The molecule has 3 rings (SSSR count). The molecule has 0 spiro atoms. The fourth-order valence-corrected chi connectivity index (χ4v) is 4.48. The lowest BCUT2D eigenvalue weighted by atomic mass is 9.95. The van der Waals surface area contributed by atoms with Crippen LogP contribution in [0.15, 0.2) is 12.1 Å². The first-order valence-electron chi connectivity index (χ1n) is 8.58. The lowest BCUT2D eigenvalue weighted by molar-refractivity contribution is 0.0702. The summed E-state index contributed by atoms with van der Waals surface area (Å²) in [6.45, 7) is 10.3. The van der Waals surface area contributed by atoms with Crippen molar-refractivity contribution in [2.75, 3.05) is 0 Å². The maximum absolute atomic E-state index is 11.3. The first-order chi connectivity index (χ1) is 11.9. The van der Waals surface area contributed by atoms with Gasteiger partial charge in [0.1, 0.15) is 10.6 Å². The molecule has 0 atom stereocenters. The van der Waals surface area contributed by atoms with Crippen molar-refractivity contribution in [1.29, 1.82) is 0 Å². The number of carboxylic acids is 1. The number of nitrogens with zero attached hydrogens (tertiary/aromatic N) is 3. The Morgan fingerprint density at radius 2 is 1.92 bits per heavy atom. The number of rotatable bonds is 5. The fourth-order valence-electron chi connectivity index (χ4n) is 3.39. The maximum Gasteiger partial charge on any atom is 0.345 e. The second-order valence-corrected chi connectivity index (χ2v) is 7.52. The van der Waals surface area contributed by atoms with Gasteiger partial charge < -0.3 is 5.11 Å². The zero-order valence-electron chi connectivity index (χ0n) is 15.3. The predicted molar refractivity (Wildman–Crippen MR) is 101 cm³/mol. The molecule has 25 heavy (non-hydrogen) atoms. The monoisotopic (exact) mass is 357 g/mol. The smallest absolute Gasteiger partial charge is 0.345 e. The standard InChI is InChI=1S/C19H23N3O2S/c1-6-13(7-2)14-9-11(4)21-22-16(12(5)20-18(14)22)17-10(3)8-15(25-17)19(23)24/h8-9,13H,6-7H2,1-5H3,(H,23,24). The van der Waals surface area contributed by atoms with Crippen molar-refractivity contribution in [2.24, 2.45) is 0 Å². The van der Waals surface area contributed by atoms with E-state index < -0.39 is 5.97 Å². The number of aromatic carboxylic acids is 1. The molecule has 0 bridgehead atoms. The Hall–Kier alpha value is -2.21. The Labute approximate surface area is 151 Å². The molecule has 5 nitrogen and oxygen atoms in total. The van der Waals surface area contributed by atoms with Crippen molar-refractivity contribution in [2.45, 2.75) is 53.4 Å². The molecular formula is C19H23N3O2S. The van der Waals surface area contributed by atoms with Crippen molar-refractivity contribution in [1.82, 2.24) is 14.6 Å². The largest absolute Gasteiger partial charge is 0.477 e. The van der Waals surface area contributed by atoms with Crippen LogP contribution in [0.3, 0.4) is 0 Å². The second kappa shape index (κ2) is 6.59. The molecule has 0 saturated heterocycles. The normalized spacial score (nSPS) is 11.6. The predicted octanol–water partition coefficient (Wildman–Crippen LogP) is 4.98. The van der Waals surface area contributed by atoms with Crippen molar-refractivity contribution in [3.05, 3.63) is 39.5 Å². The summed E-state index contributed by atoms with van der Waals surface area (Å²) in [5.74, 6) is -0.453. The fraction of sp³-hybridized carbons (Fsp3) is 0.421. The zero-order valence-corrected chi connectivity index (χ0v) is 16.1. The summed E-state index contributed by atoms with van der Waals surface area (Å²) in [7, 11) is 0. The van der Waals surface area contributed by atoms with E-state index in [0.29, 0.717) is 10.8 Å². The van der Waals surface area contributed by atoms with Crippen molar-refractivity contribution < 1.29 is 9.90 Å². The van der Waals surface area contributed by atoms with Crippen LogP contribution in [-0.2, 0) is 0 Å². The molecule has 1 N–H and O–H groups in total. The quantitative estimate of drug-likeness (QED) is 0.699. The van der Waals surface area contributed by atoms with Crippen molar-refractivity contribution in [3.63, 3.8) is 0 Å². The van der Waals surface area contributed by atoms with Gasteiger partial charge in [0.15, 0.2) is 5.65 Å². The van der Waals surface area contributed by atoms with Gasteiger partial charge in [-0.3, -0.25) is 0 Å². The average Bonchev–Trinajstić information content (AvgIpc) is 3.08. The third-order valence-corrected chi connectivity index (χ3v) is 5.91. The van der Waals surface area contributed by atoms with Gasteiger partial charge in [-0.05, 0) is 57.2 Å². The highest BCUT2D eigenvalue weighted by Gasteiger charge is 2.22. The van der Waals surface area contributed by atoms with Gasteiger partial charge >= 0.3 is 5.97 Å². The highest BCUT2D eigenvalue weighted by Crippen LogP contribution is 2.36. The Morgan fingerprint density at radius 1 is 1.24 bits per heavy atom. The molecule has 132 valence electrons. The van der Waals surface area contributed by atoms with Crippen LogP contribution in [0.1, 0.15) is 64.8 Å². The summed E-state index contributed by atoms with van der Waals surface area (Å²) in [6, 6.07) is 3.85. The van der Waals surface area contributed by atoms with E-state index in [9.17, 15) is 9.90 Å². The lowest BCUT2D eigenvalue weighted by Gasteiger charge is -2.14. The lowest BCUT2D eigenvalue weighted by Crippen LogP contribution is -2.05. The van der Waals surface area contributed by atoms with Crippen LogP contribution in [-0.4, -0.2) is 25.7 Å². The van der Waals surface area contributed by atoms with Gasteiger partial charge in [-0.2, -0.15) is 5.10 Å². The van der Waals surface area contributed by atoms with E-state index in [-0.39, 0.29) is 0 Å². The van der Waals surface area contributed by atoms with E-state index in [4.69, 9.17) is 10.1 Å². The number of imidazole rings is 1. The minimum absolute atomic E-state index is 0.342. The van der Waals surface area contributed by atoms with Gasteiger partial charge in [0, 0.05) is 5.56 Å². The number of hydrogen-bond donors (Lipinski definition) is 1. The van der Waals surface area contributed by atoms with Gasteiger partial charge in [-0.15, -0.1) is 11.3 Å². The summed E-state index contributed by atoms with van der Waals surface area (Å²) in [5, 5.41) is 14.0. The first kappa shape index (κ1) is 17.6. The van der Waals surface area contributed by atoms with Crippen LogP contribution >= 0.6 is 11.3 Å². The van der Waals surface area contributed by atoms with Gasteiger partial charge in [-0.25, -0.2) is 14.3 Å². The topological polar surface area (TPSA) is 67.5 Å². The van der Waals surface area contributed by atoms with E-state index in [1.165, 1.54) is 16.9 Å². The molecule has 0 aliphatic carbocycles. The SMILES string of the molecule is CCC(CC)c1cc(C)nn2c(-c3sc(C(=O)O)cc3C)c(C)nc12. The molecule has 0 aliphatic heterocycles. The Kier molecular flexibility index (Phi) is 4.64. The number of carboxylic acid groups (broad SMARTS) is 1. The van der Waals surface area contributed by atoms with Crippen LogP contribution in [0.4, 0.5) is 0 Å². The molecule has 6 heteroatoms. The number of fused-ring (bicyclic) bond motifs is 1. The van der Waals surface area contributed by atoms with Crippen molar-refractivity contribution >= 4 is 23.0 Å². The molecule has 3 aromatic rings. The summed E-state index contributed by atoms with van der Waals surface area (Å²) >= 11 is 1.29. The summed E-state index contributed by atoms with van der Waals surface area (Å²) in [5.41, 5.74) is 5.78. The van der Waals surface area contributed by atoms with E-state index in [2.05, 4.69) is 19.9 Å². The van der Waals surface area contributed by atoms with E-state index in [1.807, 2.05) is 25.3 Å². The average molecular weight is 357 g/mol. The minimum Gasteiger partial charge on any atom is -0.477 e. The van der Waals surface area contributed by atoms with E-state index in [1.54, 1.807) is 6.07 Å². The summed E-state index contributed by atoms with van der Waals surface area (Å²) in [6.07, 6.45) is 2.11. The van der Waals surface area contributed by atoms with Gasteiger partial charge in [0.2, 0.25) is 0 Å². The van der Waals surface area contributed by atoms with Crippen LogP contribution in [0.5, 0.6) is 0 Å². The number of aryl methyl sites for hydroxylation is 3. The van der Waals surface area contributed by atoms with E-state index in [0.717, 1.165) is 46.0 Å². The third-order valence-electron chi connectivity index (χ3n) is 4.68. The number of hydrogen-bond acceptors (Lipinski definition) is 4. The molecule has 0 saturated carbocycles. The molecule has 0 unspecified atom stereocenters. The number of carbonyl (C=O) groups is 1. The highest BCUT2D eigenvalue weighted by molar-refractivity contribution is 7.17. The van der Waals surface area contributed by atoms with Crippen LogP contribution in [0, 0.1) is 20.8 Å². The molecular weight excluding hydrogens is 334 g/mol. The van der Waals surface area contributed by atoms with Crippen molar-refractivity contribution in [3.8, 4) is 10.6 Å². The third kappa shape index (κ3) is 2.95. The number of aromatic nitrogens is 3. The van der Waals surface area contributed by atoms with Gasteiger partial charge in [0.05, 0.1) is 16.3 Å². The molecule has 0 aromatic carbocycles. The molecule has 3 heterocycles. The maximum atomic E-state index is 11.3. The molecule has 0 radical (unpaired) electrons. The van der Waals surface area contributed by atoms with Gasteiger partial charge in [0.25, 0.3) is 0 Å². The Balaban J connectivity index is 2.31. The van der Waals surface area contributed by atoms with E-state index >= 15 is 0 Å². The van der Waals surface area contributed by atoms with Crippen LogP contribution in [0.2, 0.25) is 0 Å². The molecule has 0 fully saturated rings. The summed E-state index contributed by atoms with van der Waals surface area (Å²) in [4.78, 5) is 17.4. The summed E-state index contributed by atoms with van der Waals surface area (Å²) < 4.78 is 1.91. The Morgan fingerprint density at radius 3 is 2.48 bits per heavy atom. The first-order valence-corrected chi connectivity index (χ1v) is 9.39. The van der Waals surface area contributed by atoms with Gasteiger partial charge in [-0.1, -0.05) is 13.8 Å².